The Morgan fingerprint density at radius 1 is 0.347 bits per heavy atom. The summed E-state index contributed by atoms with van der Waals surface area (Å²) in [4.78, 5) is 2.53. The topological polar surface area (TPSA) is 3.24 Å². The van der Waals surface area contributed by atoms with Crippen LogP contribution in [0.2, 0.25) is 26.2 Å². The minimum atomic E-state index is -2.00. The molecular formula is C46H39NSi2. The smallest absolute Gasteiger partial charge is 0.113 e. The molecule has 3 heteroatoms. The van der Waals surface area contributed by atoms with Crippen LogP contribution in [0.15, 0.2) is 164 Å². The first kappa shape index (κ1) is 29.9. The number of benzene rings is 7. The van der Waals surface area contributed by atoms with Crippen LogP contribution in [0.5, 0.6) is 0 Å². The summed E-state index contributed by atoms with van der Waals surface area (Å²) in [6.45, 7) is 10.1. The van der Waals surface area contributed by atoms with Gasteiger partial charge >= 0.3 is 0 Å². The van der Waals surface area contributed by atoms with Gasteiger partial charge < -0.3 is 4.90 Å². The monoisotopic (exact) mass is 661 g/mol. The van der Waals surface area contributed by atoms with Gasteiger partial charge in [-0.15, -0.1) is 0 Å². The number of hydrogen-bond acceptors (Lipinski definition) is 1. The van der Waals surface area contributed by atoms with E-state index < -0.39 is 16.1 Å². The van der Waals surface area contributed by atoms with E-state index in [2.05, 4.69) is 195 Å². The van der Waals surface area contributed by atoms with Crippen molar-refractivity contribution in [2.45, 2.75) is 26.2 Å². The highest BCUT2D eigenvalue weighted by Crippen LogP contribution is 2.45. The molecule has 0 N–H and O–H groups in total. The molecule has 0 fully saturated rings. The van der Waals surface area contributed by atoms with Gasteiger partial charge in [0.2, 0.25) is 0 Å². The molecule has 2 heterocycles. The summed E-state index contributed by atoms with van der Waals surface area (Å²) < 4.78 is 0. The van der Waals surface area contributed by atoms with Crippen LogP contribution in [-0.4, -0.2) is 16.1 Å². The van der Waals surface area contributed by atoms with Crippen molar-refractivity contribution in [3.05, 3.63) is 164 Å². The van der Waals surface area contributed by atoms with Gasteiger partial charge in [0.05, 0.1) is 5.69 Å². The number of rotatable bonds is 5. The van der Waals surface area contributed by atoms with Crippen LogP contribution < -0.4 is 25.6 Å². The lowest BCUT2D eigenvalue weighted by atomic mass is 9.94. The van der Waals surface area contributed by atoms with Gasteiger partial charge in [0.15, 0.2) is 0 Å². The molecule has 0 unspecified atom stereocenters. The molecule has 7 aromatic carbocycles. The van der Waals surface area contributed by atoms with Crippen LogP contribution in [0.4, 0.5) is 17.1 Å². The molecule has 7 aromatic rings. The van der Waals surface area contributed by atoms with Gasteiger partial charge in [0.25, 0.3) is 0 Å². The standard InChI is InChI=1S/C46H39NSi2/c1-48(2)41-22-12-11-19-38(41)46-40(21-14-24-43(46)48)47(35-27-25-33(26-28-35)32-15-7-5-8-16-32)36-29-30-39-44(31-36)49(3,4)42-23-13-20-37(45(39)42)34-17-9-6-10-18-34/h5-31H,1-4H3. The third kappa shape index (κ3) is 4.57. The molecule has 0 aromatic heterocycles. The summed E-state index contributed by atoms with van der Waals surface area (Å²) in [6.07, 6.45) is 0. The first-order valence-electron chi connectivity index (χ1n) is 17.4. The summed E-state index contributed by atoms with van der Waals surface area (Å²) in [5, 5.41) is 6.09. The lowest BCUT2D eigenvalue weighted by Gasteiger charge is -2.30. The molecule has 49 heavy (non-hydrogen) atoms. The van der Waals surface area contributed by atoms with Crippen LogP contribution in [0.1, 0.15) is 0 Å². The fraction of sp³-hybridized carbons (Fsp3) is 0.0870. The minimum Gasteiger partial charge on any atom is -0.310 e. The third-order valence-corrected chi connectivity index (χ3v) is 18.2. The zero-order valence-corrected chi connectivity index (χ0v) is 30.5. The van der Waals surface area contributed by atoms with Crippen LogP contribution >= 0.6 is 0 Å². The highest BCUT2D eigenvalue weighted by atomic mass is 28.3. The van der Waals surface area contributed by atoms with Gasteiger partial charge in [0, 0.05) is 16.9 Å². The summed E-state index contributed by atoms with van der Waals surface area (Å²) in [5.74, 6) is 0. The molecule has 0 amide bonds. The van der Waals surface area contributed by atoms with Gasteiger partial charge in [0.1, 0.15) is 16.1 Å². The predicted molar refractivity (Wildman–Crippen MR) is 216 cm³/mol. The molecule has 0 saturated heterocycles. The zero-order valence-electron chi connectivity index (χ0n) is 28.5. The maximum Gasteiger partial charge on any atom is 0.113 e. The number of hydrogen-bond donors (Lipinski definition) is 0. The van der Waals surface area contributed by atoms with E-state index in [0.29, 0.717) is 0 Å². The summed E-state index contributed by atoms with van der Waals surface area (Å²) >= 11 is 0. The van der Waals surface area contributed by atoms with Crippen LogP contribution in [-0.2, 0) is 0 Å². The fourth-order valence-corrected chi connectivity index (χ4v) is 14.7. The molecule has 0 atom stereocenters. The average molecular weight is 662 g/mol. The second kappa shape index (κ2) is 11.2. The molecule has 0 saturated carbocycles. The quantitative estimate of drug-likeness (QED) is 0.166. The molecular weight excluding hydrogens is 623 g/mol. The van der Waals surface area contributed by atoms with Crippen molar-refractivity contribution in [2.24, 2.45) is 0 Å². The van der Waals surface area contributed by atoms with E-state index in [9.17, 15) is 0 Å². The van der Waals surface area contributed by atoms with Gasteiger partial charge in [-0.05, 0) is 90.0 Å². The van der Waals surface area contributed by atoms with Crippen molar-refractivity contribution in [1.82, 2.24) is 0 Å². The molecule has 0 radical (unpaired) electrons. The zero-order chi connectivity index (χ0) is 33.3. The highest BCUT2D eigenvalue weighted by Gasteiger charge is 2.41. The van der Waals surface area contributed by atoms with Crippen molar-refractivity contribution in [3.63, 3.8) is 0 Å². The molecule has 0 aliphatic carbocycles. The Labute approximate surface area is 292 Å². The van der Waals surface area contributed by atoms with Crippen LogP contribution in [0.3, 0.4) is 0 Å². The maximum absolute atomic E-state index is 2.53. The summed E-state index contributed by atoms with van der Waals surface area (Å²) in [7, 11) is -3.85. The van der Waals surface area contributed by atoms with Gasteiger partial charge in [-0.3, -0.25) is 0 Å². The Hall–Kier alpha value is -5.23. The molecule has 0 spiro atoms. The average Bonchev–Trinajstić information content (AvgIpc) is 3.53. The predicted octanol–water partition coefficient (Wildman–Crippen LogP) is 10.1. The number of anilines is 3. The first-order chi connectivity index (χ1) is 23.8. The van der Waals surface area contributed by atoms with Crippen molar-refractivity contribution in [2.75, 3.05) is 4.90 Å². The van der Waals surface area contributed by atoms with Crippen molar-refractivity contribution < 1.29 is 0 Å². The van der Waals surface area contributed by atoms with E-state index in [1.807, 2.05) is 0 Å². The van der Waals surface area contributed by atoms with Crippen molar-refractivity contribution in [1.29, 1.82) is 0 Å². The molecule has 2 aliphatic heterocycles. The van der Waals surface area contributed by atoms with E-state index in [4.69, 9.17) is 0 Å². The number of nitrogens with zero attached hydrogens (tertiary/aromatic N) is 1. The Morgan fingerprint density at radius 2 is 0.857 bits per heavy atom. The molecule has 2 aliphatic rings. The lowest BCUT2D eigenvalue weighted by Crippen LogP contribution is -2.49. The minimum absolute atomic E-state index is 1.18. The highest BCUT2D eigenvalue weighted by molar-refractivity contribution is 7.04. The van der Waals surface area contributed by atoms with Gasteiger partial charge in [-0.25, -0.2) is 0 Å². The van der Waals surface area contributed by atoms with Gasteiger partial charge in [-0.1, -0.05) is 160 Å². The molecule has 236 valence electrons. The Kier molecular flexibility index (Phi) is 6.81. The Balaban J connectivity index is 1.26. The second-order valence-electron chi connectivity index (χ2n) is 14.6. The normalized spacial score (nSPS) is 14.4. The van der Waals surface area contributed by atoms with E-state index in [1.165, 1.54) is 82.3 Å². The van der Waals surface area contributed by atoms with E-state index in [-0.39, 0.29) is 0 Å². The SMILES string of the molecule is C[Si]1(C)c2cc(N(c3ccc(-c4ccccc4)cc3)c3cccc4c3-c3ccccc3[Si]4(C)C)ccc2-c2c(-c3ccccc3)cccc21. The van der Waals surface area contributed by atoms with Crippen LogP contribution in [0, 0.1) is 0 Å². The van der Waals surface area contributed by atoms with Crippen LogP contribution in [0.25, 0.3) is 44.5 Å². The van der Waals surface area contributed by atoms with Crippen molar-refractivity contribution >= 4 is 54.0 Å². The summed E-state index contributed by atoms with van der Waals surface area (Å²) in [5.41, 5.74) is 14.4. The molecule has 9 rings (SSSR count). The second-order valence-corrected chi connectivity index (χ2v) is 23.2. The van der Waals surface area contributed by atoms with E-state index in [1.54, 1.807) is 0 Å². The Bertz CT molecular complexity index is 2370. The third-order valence-electron chi connectivity index (χ3n) is 11.1. The Morgan fingerprint density at radius 3 is 1.59 bits per heavy atom. The molecule has 1 nitrogen and oxygen atoms in total. The number of fused-ring (bicyclic) bond motifs is 6. The maximum atomic E-state index is 2.53. The van der Waals surface area contributed by atoms with Gasteiger partial charge in [-0.2, -0.15) is 0 Å². The fourth-order valence-electron chi connectivity index (χ4n) is 8.56. The first-order valence-corrected chi connectivity index (χ1v) is 23.4. The van der Waals surface area contributed by atoms with E-state index >= 15 is 0 Å². The largest absolute Gasteiger partial charge is 0.310 e. The summed E-state index contributed by atoms with van der Waals surface area (Å²) in [6, 6.07) is 61.2. The molecule has 0 bridgehead atoms. The lowest BCUT2D eigenvalue weighted by molar-refractivity contribution is 1.29. The van der Waals surface area contributed by atoms with Crippen molar-refractivity contribution in [3.8, 4) is 44.5 Å². The van der Waals surface area contributed by atoms with E-state index in [0.717, 1.165) is 0 Å².